The van der Waals surface area contributed by atoms with Crippen molar-refractivity contribution < 1.29 is 19.2 Å². The van der Waals surface area contributed by atoms with Gasteiger partial charge in [0, 0.05) is 63.3 Å². The van der Waals surface area contributed by atoms with Crippen LogP contribution in [-0.4, -0.2) is 112 Å². The molecule has 1 aliphatic carbocycles. The first-order valence-corrected chi connectivity index (χ1v) is 17.3. The average molecular weight is 677 g/mol. The Morgan fingerprint density at radius 2 is 1.98 bits per heavy atom. The average Bonchev–Trinajstić information content (AvgIpc) is 3.77. The van der Waals surface area contributed by atoms with Crippen molar-refractivity contribution in [2.24, 2.45) is 4.99 Å². The maximum absolute atomic E-state index is 12.7. The number of hydrogen-bond donors (Lipinski definition) is 1. The number of nitriles is 1. The first-order chi connectivity index (χ1) is 22.8. The topological polar surface area (TPSA) is 160 Å². The molecule has 14 nitrogen and oxygen atoms in total. The van der Waals surface area contributed by atoms with E-state index in [1.165, 1.54) is 0 Å². The molecule has 256 valence electrons. The van der Waals surface area contributed by atoms with E-state index < -0.39 is 17.1 Å². The molecule has 0 spiro atoms. The number of ether oxygens (including phenoxy) is 1. The van der Waals surface area contributed by atoms with Crippen molar-refractivity contribution in [3.63, 3.8) is 0 Å². The summed E-state index contributed by atoms with van der Waals surface area (Å²) in [6, 6.07) is 4.10. The molecule has 2 aliphatic heterocycles. The Morgan fingerprint density at radius 1 is 1.23 bits per heavy atom. The zero-order valence-electron chi connectivity index (χ0n) is 28.7. The number of aliphatic imine (C=N–C) groups is 1. The maximum Gasteiger partial charge on any atom is 0.410 e. The van der Waals surface area contributed by atoms with Crippen LogP contribution in [0.15, 0.2) is 15.6 Å². The van der Waals surface area contributed by atoms with Crippen LogP contribution >= 0.6 is 11.3 Å². The molecule has 2 fully saturated rings. The largest absolute Gasteiger partial charge is 0.444 e. The van der Waals surface area contributed by atoms with Crippen LogP contribution in [0.25, 0.3) is 11.5 Å². The predicted octanol–water partition coefficient (Wildman–Crippen LogP) is 4.34. The van der Waals surface area contributed by atoms with Crippen molar-refractivity contribution in [3.05, 3.63) is 28.0 Å². The molecule has 3 aromatic rings. The second-order valence-corrected chi connectivity index (χ2v) is 15.2. The third kappa shape index (κ3) is 6.55. The van der Waals surface area contributed by atoms with Gasteiger partial charge in [0.1, 0.15) is 28.2 Å². The fraction of sp³-hybridized carbons (Fsp3) is 0.606. The van der Waals surface area contributed by atoms with Crippen molar-refractivity contribution >= 4 is 40.5 Å². The Kier molecular flexibility index (Phi) is 9.08. The predicted molar refractivity (Wildman–Crippen MR) is 183 cm³/mol. The van der Waals surface area contributed by atoms with E-state index in [0.29, 0.717) is 78.9 Å². The van der Waals surface area contributed by atoms with Crippen LogP contribution in [0.1, 0.15) is 75.8 Å². The number of nitrogens with zero attached hydrogens (tertiary/aromatic N) is 10. The first kappa shape index (κ1) is 33.6. The summed E-state index contributed by atoms with van der Waals surface area (Å²) in [7, 11) is 3.79. The van der Waals surface area contributed by atoms with Gasteiger partial charge >= 0.3 is 6.09 Å². The summed E-state index contributed by atoms with van der Waals surface area (Å²) in [5, 5.41) is 25.9. The second kappa shape index (κ2) is 13.0. The molecule has 0 bridgehead atoms. The van der Waals surface area contributed by atoms with E-state index in [1.54, 1.807) is 22.6 Å². The van der Waals surface area contributed by atoms with Gasteiger partial charge in [0.2, 0.25) is 17.7 Å². The van der Waals surface area contributed by atoms with Gasteiger partial charge < -0.3 is 34.0 Å². The van der Waals surface area contributed by atoms with Gasteiger partial charge in [0.15, 0.2) is 0 Å². The fourth-order valence-electron chi connectivity index (χ4n) is 6.56. The number of piperazine rings is 1. The smallest absolute Gasteiger partial charge is 0.410 e. The van der Waals surface area contributed by atoms with E-state index in [-0.39, 0.29) is 12.1 Å². The quantitative estimate of drug-likeness (QED) is 0.291. The number of rotatable bonds is 6. The van der Waals surface area contributed by atoms with Gasteiger partial charge in [-0.05, 0) is 60.3 Å². The lowest BCUT2D eigenvalue weighted by Crippen LogP contribution is -2.50. The molecule has 5 heterocycles. The van der Waals surface area contributed by atoms with Crippen molar-refractivity contribution in [3.8, 4) is 17.6 Å². The van der Waals surface area contributed by atoms with Gasteiger partial charge in [0.05, 0.1) is 29.5 Å². The van der Waals surface area contributed by atoms with Gasteiger partial charge in [-0.25, -0.2) is 14.8 Å². The highest BCUT2D eigenvalue weighted by molar-refractivity contribution is 7.16. The van der Waals surface area contributed by atoms with E-state index in [4.69, 9.17) is 24.2 Å². The van der Waals surface area contributed by atoms with Crippen LogP contribution in [0.4, 0.5) is 21.6 Å². The van der Waals surface area contributed by atoms with Gasteiger partial charge in [0.25, 0.3) is 0 Å². The summed E-state index contributed by atoms with van der Waals surface area (Å²) in [5.74, 6) is 1.90. The third-order valence-electron chi connectivity index (χ3n) is 9.17. The van der Waals surface area contributed by atoms with Crippen molar-refractivity contribution in [1.29, 1.82) is 5.26 Å². The Bertz CT molecular complexity index is 1730. The standard InChI is InChI=1S/C33H44N10O4S/c1-20-23(44)10-12-43(20)30-36-22(17-25(37-30)41-13-15-42(16-14-41)31(45)46-32(2,3)4)27-38-29(47-39-27)33(5)11-8-9-24-26(33)21(18-34)28(48-24)35-19-40(6)7/h17,19-20,23,44H,8-16H2,1-7H3/b35-19+/t20-,23-,33-/m0/s1. The van der Waals surface area contributed by atoms with Crippen LogP contribution in [0.5, 0.6) is 0 Å². The number of aryl methyl sites for hydroxylation is 1. The summed E-state index contributed by atoms with van der Waals surface area (Å²) in [6.07, 6.45) is 4.04. The third-order valence-corrected chi connectivity index (χ3v) is 10.3. The minimum absolute atomic E-state index is 0.162. The fourth-order valence-corrected chi connectivity index (χ4v) is 7.82. The summed E-state index contributed by atoms with van der Waals surface area (Å²) in [5.41, 5.74) is 0.720. The molecule has 48 heavy (non-hydrogen) atoms. The first-order valence-electron chi connectivity index (χ1n) is 16.5. The van der Waals surface area contributed by atoms with Gasteiger partial charge in [-0.1, -0.05) is 5.16 Å². The molecule has 1 N–H and O–H groups in total. The molecule has 3 atom stereocenters. The Morgan fingerprint density at radius 3 is 2.62 bits per heavy atom. The Labute approximate surface area is 285 Å². The van der Waals surface area contributed by atoms with Crippen molar-refractivity contribution in [2.45, 2.75) is 83.5 Å². The lowest BCUT2D eigenvalue weighted by Gasteiger charge is -2.36. The van der Waals surface area contributed by atoms with E-state index in [9.17, 15) is 15.2 Å². The summed E-state index contributed by atoms with van der Waals surface area (Å²) >= 11 is 1.55. The van der Waals surface area contributed by atoms with Gasteiger partial charge in [-0.15, -0.1) is 11.3 Å². The molecule has 0 aromatic carbocycles. The number of carbonyl (C=O) groups is 1. The number of fused-ring (bicyclic) bond motifs is 1. The monoisotopic (exact) mass is 676 g/mol. The number of aliphatic hydroxyl groups excluding tert-OH is 1. The minimum Gasteiger partial charge on any atom is -0.444 e. The maximum atomic E-state index is 12.7. The highest BCUT2D eigenvalue weighted by atomic mass is 32.1. The van der Waals surface area contributed by atoms with Crippen LogP contribution < -0.4 is 9.80 Å². The molecule has 3 aromatic heterocycles. The van der Waals surface area contributed by atoms with Crippen LogP contribution in [0.3, 0.4) is 0 Å². The number of anilines is 2. The lowest BCUT2D eigenvalue weighted by molar-refractivity contribution is 0.0240. The highest BCUT2D eigenvalue weighted by Gasteiger charge is 2.43. The second-order valence-electron chi connectivity index (χ2n) is 14.2. The number of amides is 1. The van der Waals surface area contributed by atoms with E-state index in [1.807, 2.05) is 57.7 Å². The van der Waals surface area contributed by atoms with E-state index in [2.05, 4.69) is 28.0 Å². The van der Waals surface area contributed by atoms with Gasteiger partial charge in [-0.3, -0.25) is 0 Å². The van der Waals surface area contributed by atoms with Crippen LogP contribution in [0, 0.1) is 11.3 Å². The van der Waals surface area contributed by atoms with Crippen LogP contribution in [0.2, 0.25) is 0 Å². The zero-order chi connectivity index (χ0) is 34.4. The summed E-state index contributed by atoms with van der Waals surface area (Å²) < 4.78 is 11.6. The van der Waals surface area contributed by atoms with Crippen molar-refractivity contribution in [1.82, 2.24) is 29.9 Å². The molecule has 0 radical (unpaired) electrons. The molecule has 15 heteroatoms. The molecule has 0 saturated carbocycles. The molecule has 1 amide bonds. The molecular formula is C33H44N10O4S. The summed E-state index contributed by atoms with van der Waals surface area (Å²) in [4.78, 5) is 40.8. The Hall–Kier alpha value is -4.29. The molecule has 2 saturated heterocycles. The number of thiophene rings is 1. The normalized spacial score (nSPS) is 23.0. The lowest BCUT2D eigenvalue weighted by atomic mass is 9.72. The van der Waals surface area contributed by atoms with Gasteiger partial charge in [-0.2, -0.15) is 15.2 Å². The molecular weight excluding hydrogens is 632 g/mol. The van der Waals surface area contributed by atoms with Crippen LogP contribution in [-0.2, 0) is 16.6 Å². The number of aliphatic hydroxyl groups is 1. The molecule has 6 rings (SSSR count). The van der Waals surface area contributed by atoms with E-state index in [0.717, 1.165) is 29.7 Å². The number of hydrogen-bond acceptors (Lipinski definition) is 13. The van der Waals surface area contributed by atoms with Crippen molar-refractivity contribution in [2.75, 3.05) is 56.6 Å². The number of carbonyl (C=O) groups excluding carboxylic acids is 1. The molecule has 0 unspecified atom stereocenters. The molecule has 3 aliphatic rings. The minimum atomic E-state index is -0.670. The highest BCUT2D eigenvalue weighted by Crippen LogP contribution is 2.50. The SMILES string of the molecule is C[C@H]1[C@@H](O)CCN1c1nc(-c2noc([C@@]3(C)CCCc4sc(/N=C/N(C)C)c(C#N)c43)n2)cc(N2CCN(C(=O)OC(C)(C)C)CC2)n1. The number of aromatic nitrogens is 4. The zero-order valence-corrected chi connectivity index (χ0v) is 29.5. The Balaban J connectivity index is 1.33. The summed E-state index contributed by atoms with van der Waals surface area (Å²) in [6.45, 7) is 12.3. The van der Waals surface area contributed by atoms with E-state index >= 15 is 0 Å².